The van der Waals surface area contributed by atoms with Crippen molar-refractivity contribution < 1.29 is 14.3 Å². The number of hydrogen-bond acceptors (Lipinski definition) is 6. The van der Waals surface area contributed by atoms with Crippen LogP contribution in [-0.2, 0) is 4.79 Å². The predicted molar refractivity (Wildman–Crippen MR) is 157 cm³/mol. The third kappa shape index (κ3) is 5.98. The summed E-state index contributed by atoms with van der Waals surface area (Å²) in [5.74, 6) is 2.00. The van der Waals surface area contributed by atoms with E-state index in [-0.39, 0.29) is 24.1 Å². The van der Waals surface area contributed by atoms with E-state index in [9.17, 15) is 9.59 Å². The monoisotopic (exact) mass is 560 g/mol. The fraction of sp³-hybridized carbons (Fsp3) is 0.323. The summed E-state index contributed by atoms with van der Waals surface area (Å²) in [4.78, 5) is 35.8. The second-order valence-electron chi connectivity index (χ2n) is 9.64. The molecule has 1 aliphatic heterocycles. The van der Waals surface area contributed by atoms with E-state index in [1.807, 2.05) is 60.4 Å². The lowest BCUT2D eigenvalue weighted by atomic mass is 10.1. The third-order valence-corrected chi connectivity index (χ3v) is 7.43. The van der Waals surface area contributed by atoms with Gasteiger partial charge >= 0.3 is 0 Å². The van der Waals surface area contributed by atoms with E-state index in [1.54, 1.807) is 28.8 Å². The molecular weight excluding hydrogens is 528 g/mol. The van der Waals surface area contributed by atoms with Gasteiger partial charge in [-0.15, -0.1) is 0 Å². The number of hydrogen-bond donors (Lipinski definition) is 0. The Balaban J connectivity index is 1.37. The molecule has 9 heteroatoms. The molecule has 1 fully saturated rings. The van der Waals surface area contributed by atoms with Gasteiger partial charge in [0, 0.05) is 31.2 Å². The number of carbonyl (C=O) groups is 1. The first-order chi connectivity index (χ1) is 19.5. The smallest absolute Gasteiger partial charge is 0.266 e. The second-order valence-corrected chi connectivity index (χ2v) is 10.1. The molecule has 1 aliphatic rings. The third-order valence-electron chi connectivity index (χ3n) is 7.18. The Kier molecular flexibility index (Phi) is 8.67. The standard InChI is InChI=1S/C31H33ClN4O4/c1-3-28(34-17-19-35(20-18-34)29(37)21-40-25-13-9-22(32)10-14-25)30-33-27-8-6-5-7-26(27)31(38)36(30)23-11-15-24(16-12-23)39-4-2/h5-16,28H,3-4,17-21H2,1-2H3. The topological polar surface area (TPSA) is 76.9 Å². The number of fused-ring (bicyclic) bond motifs is 1. The lowest BCUT2D eigenvalue weighted by molar-refractivity contribution is -0.135. The zero-order chi connectivity index (χ0) is 28.1. The molecule has 0 N–H and O–H groups in total. The number of benzene rings is 3. The molecular formula is C31H33ClN4O4. The summed E-state index contributed by atoms with van der Waals surface area (Å²) < 4.78 is 13.0. The fourth-order valence-corrected chi connectivity index (χ4v) is 5.26. The van der Waals surface area contributed by atoms with Crippen molar-refractivity contribution in [2.75, 3.05) is 39.4 Å². The average molecular weight is 561 g/mol. The first-order valence-electron chi connectivity index (χ1n) is 13.6. The van der Waals surface area contributed by atoms with Gasteiger partial charge in [0.05, 0.1) is 29.2 Å². The molecule has 208 valence electrons. The summed E-state index contributed by atoms with van der Waals surface area (Å²) in [5, 5.41) is 1.19. The molecule has 4 aromatic rings. The number of amides is 1. The van der Waals surface area contributed by atoms with Crippen LogP contribution in [0.2, 0.25) is 5.02 Å². The number of carbonyl (C=O) groups excluding carboxylic acids is 1. The van der Waals surface area contributed by atoms with Gasteiger partial charge in [-0.3, -0.25) is 19.1 Å². The molecule has 40 heavy (non-hydrogen) atoms. The van der Waals surface area contributed by atoms with Crippen molar-refractivity contribution in [3.05, 3.63) is 94.0 Å². The highest BCUT2D eigenvalue weighted by molar-refractivity contribution is 6.30. The normalized spacial score (nSPS) is 14.7. The van der Waals surface area contributed by atoms with Crippen LogP contribution >= 0.6 is 11.6 Å². The molecule has 8 nitrogen and oxygen atoms in total. The highest BCUT2D eigenvalue weighted by atomic mass is 35.5. The molecule has 1 unspecified atom stereocenters. The van der Waals surface area contributed by atoms with Crippen molar-refractivity contribution in [3.63, 3.8) is 0 Å². The Morgan fingerprint density at radius 3 is 2.23 bits per heavy atom. The summed E-state index contributed by atoms with van der Waals surface area (Å²) in [7, 11) is 0. The van der Waals surface area contributed by atoms with Gasteiger partial charge in [-0.25, -0.2) is 4.98 Å². The number of nitrogens with zero attached hydrogens (tertiary/aromatic N) is 4. The van der Waals surface area contributed by atoms with E-state index >= 15 is 0 Å². The van der Waals surface area contributed by atoms with Crippen LogP contribution in [0.4, 0.5) is 0 Å². The van der Waals surface area contributed by atoms with Crippen molar-refractivity contribution in [1.82, 2.24) is 19.4 Å². The first kappa shape index (κ1) is 27.7. The van der Waals surface area contributed by atoms with Crippen LogP contribution < -0.4 is 15.0 Å². The van der Waals surface area contributed by atoms with Crippen molar-refractivity contribution in [2.24, 2.45) is 0 Å². The van der Waals surface area contributed by atoms with E-state index in [1.165, 1.54) is 0 Å². The van der Waals surface area contributed by atoms with Gasteiger partial charge in [0.25, 0.3) is 11.5 Å². The summed E-state index contributed by atoms with van der Waals surface area (Å²) in [6, 6.07) is 21.9. The highest BCUT2D eigenvalue weighted by Crippen LogP contribution is 2.27. The fourth-order valence-electron chi connectivity index (χ4n) is 5.14. The Morgan fingerprint density at radius 2 is 1.55 bits per heavy atom. The quantitative estimate of drug-likeness (QED) is 0.283. The maximum atomic E-state index is 13.8. The van der Waals surface area contributed by atoms with Crippen molar-refractivity contribution in [1.29, 1.82) is 0 Å². The Morgan fingerprint density at radius 1 is 0.900 bits per heavy atom. The van der Waals surface area contributed by atoms with Crippen LogP contribution in [0.1, 0.15) is 32.1 Å². The minimum Gasteiger partial charge on any atom is -0.494 e. The minimum absolute atomic E-state index is 0.0254. The van der Waals surface area contributed by atoms with E-state index in [0.717, 1.165) is 17.9 Å². The molecule has 1 atom stereocenters. The van der Waals surface area contributed by atoms with Gasteiger partial charge in [-0.2, -0.15) is 0 Å². The maximum absolute atomic E-state index is 13.8. The number of ether oxygens (including phenoxy) is 2. The predicted octanol–water partition coefficient (Wildman–Crippen LogP) is 5.11. The van der Waals surface area contributed by atoms with Gasteiger partial charge in [0.15, 0.2) is 6.61 Å². The number of piperazine rings is 1. The molecule has 0 bridgehead atoms. The number of rotatable bonds is 9. The van der Waals surface area contributed by atoms with Crippen molar-refractivity contribution in [3.8, 4) is 17.2 Å². The molecule has 3 aromatic carbocycles. The zero-order valence-corrected chi connectivity index (χ0v) is 23.5. The Labute approximate surface area is 238 Å². The van der Waals surface area contributed by atoms with E-state index in [2.05, 4.69) is 11.8 Å². The summed E-state index contributed by atoms with van der Waals surface area (Å²) in [6.07, 6.45) is 0.759. The molecule has 0 aliphatic carbocycles. The van der Waals surface area contributed by atoms with Crippen LogP contribution in [0, 0.1) is 0 Å². The van der Waals surface area contributed by atoms with E-state index in [4.69, 9.17) is 26.1 Å². The molecule has 0 spiro atoms. The van der Waals surface area contributed by atoms with Crippen LogP contribution in [-0.4, -0.2) is 64.7 Å². The molecule has 5 rings (SSSR count). The molecule has 1 amide bonds. The second kappa shape index (κ2) is 12.5. The van der Waals surface area contributed by atoms with Crippen LogP contribution in [0.15, 0.2) is 77.6 Å². The molecule has 2 heterocycles. The van der Waals surface area contributed by atoms with Gasteiger partial charge < -0.3 is 14.4 Å². The zero-order valence-electron chi connectivity index (χ0n) is 22.8. The minimum atomic E-state index is -0.105. The van der Waals surface area contributed by atoms with Crippen molar-refractivity contribution >= 4 is 28.4 Å². The SMILES string of the molecule is CCOc1ccc(-n2c(C(CC)N3CCN(C(=O)COc4ccc(Cl)cc4)CC3)nc3ccccc3c2=O)cc1. The lowest BCUT2D eigenvalue weighted by Gasteiger charge is -2.39. The maximum Gasteiger partial charge on any atom is 0.266 e. The van der Waals surface area contributed by atoms with Crippen molar-refractivity contribution in [2.45, 2.75) is 26.3 Å². The molecule has 0 radical (unpaired) electrons. The average Bonchev–Trinajstić information content (AvgIpc) is 2.98. The lowest BCUT2D eigenvalue weighted by Crippen LogP contribution is -2.51. The van der Waals surface area contributed by atoms with Gasteiger partial charge in [0.2, 0.25) is 0 Å². The van der Waals surface area contributed by atoms with Gasteiger partial charge in [-0.05, 0) is 74.0 Å². The Bertz CT molecular complexity index is 1510. The summed E-state index contributed by atoms with van der Waals surface area (Å²) in [5.41, 5.74) is 1.32. The van der Waals surface area contributed by atoms with Crippen LogP contribution in [0.25, 0.3) is 16.6 Å². The highest BCUT2D eigenvalue weighted by Gasteiger charge is 2.30. The van der Waals surface area contributed by atoms with Gasteiger partial charge in [-0.1, -0.05) is 30.7 Å². The van der Waals surface area contributed by atoms with E-state index < -0.39 is 0 Å². The molecule has 1 saturated heterocycles. The van der Waals surface area contributed by atoms with E-state index in [0.29, 0.717) is 60.3 Å². The number of para-hydroxylation sites is 1. The number of aromatic nitrogens is 2. The molecule has 1 aromatic heterocycles. The largest absolute Gasteiger partial charge is 0.494 e. The van der Waals surface area contributed by atoms with Gasteiger partial charge in [0.1, 0.15) is 17.3 Å². The number of halogens is 1. The summed E-state index contributed by atoms with van der Waals surface area (Å²) >= 11 is 5.93. The Hall–Kier alpha value is -3.88. The van der Waals surface area contributed by atoms with Crippen LogP contribution in [0.3, 0.4) is 0 Å². The summed E-state index contributed by atoms with van der Waals surface area (Å²) in [6.45, 7) is 7.06. The first-order valence-corrected chi connectivity index (χ1v) is 14.0. The molecule has 0 saturated carbocycles. The van der Waals surface area contributed by atoms with Crippen LogP contribution in [0.5, 0.6) is 11.5 Å².